The molecule has 0 aliphatic rings. The van der Waals surface area contributed by atoms with Gasteiger partial charge in [0, 0.05) is 24.2 Å². The monoisotopic (exact) mass is 365 g/mol. The molecule has 0 saturated heterocycles. The number of carbonyl (C=O) groups is 1. The smallest absolute Gasteiger partial charge is 0.254 e. The van der Waals surface area contributed by atoms with Gasteiger partial charge in [0.1, 0.15) is 12.4 Å². The maximum absolute atomic E-state index is 12.7. The van der Waals surface area contributed by atoms with Crippen LogP contribution in [-0.2, 0) is 13.2 Å². The lowest BCUT2D eigenvalue weighted by molar-refractivity contribution is 0.0784. The van der Waals surface area contributed by atoms with Gasteiger partial charge in [-0.3, -0.25) is 4.79 Å². The van der Waals surface area contributed by atoms with E-state index in [0.717, 1.165) is 11.1 Å². The van der Waals surface area contributed by atoms with E-state index in [4.69, 9.17) is 16.3 Å². The minimum absolute atomic E-state index is 0.0508. The predicted octanol–water partition coefficient (Wildman–Crippen LogP) is 5.19. The van der Waals surface area contributed by atoms with Crippen LogP contribution in [0.15, 0.2) is 78.9 Å². The Hall–Kier alpha value is -2.78. The lowest BCUT2D eigenvalue weighted by Crippen LogP contribution is -2.26. The Bertz CT molecular complexity index is 863. The van der Waals surface area contributed by atoms with Gasteiger partial charge >= 0.3 is 0 Å². The van der Waals surface area contributed by atoms with Gasteiger partial charge < -0.3 is 9.64 Å². The zero-order chi connectivity index (χ0) is 18.4. The largest absolute Gasteiger partial charge is 0.489 e. The van der Waals surface area contributed by atoms with Gasteiger partial charge in [-0.05, 0) is 41.5 Å². The normalized spacial score (nSPS) is 10.4. The molecule has 0 atom stereocenters. The van der Waals surface area contributed by atoms with E-state index in [0.29, 0.717) is 29.5 Å². The summed E-state index contributed by atoms with van der Waals surface area (Å²) in [6.45, 7) is 0.990. The van der Waals surface area contributed by atoms with Crippen molar-refractivity contribution in [1.29, 1.82) is 0 Å². The van der Waals surface area contributed by atoms with Gasteiger partial charge in [0.05, 0.1) is 0 Å². The number of hydrogen-bond donors (Lipinski definition) is 0. The summed E-state index contributed by atoms with van der Waals surface area (Å²) in [4.78, 5) is 14.4. The van der Waals surface area contributed by atoms with E-state index >= 15 is 0 Å². The molecule has 0 aromatic heterocycles. The number of ether oxygens (including phenoxy) is 1. The second kappa shape index (κ2) is 8.54. The summed E-state index contributed by atoms with van der Waals surface area (Å²) in [5, 5.41) is 0.686. The Labute approximate surface area is 158 Å². The SMILES string of the molecule is CN(Cc1ccc(Cl)cc1)C(=O)c1cccc(OCc2ccccc2)c1. The first-order valence-electron chi connectivity index (χ1n) is 8.38. The number of carbonyl (C=O) groups excluding carboxylic acids is 1. The molecule has 0 fully saturated rings. The highest BCUT2D eigenvalue weighted by Crippen LogP contribution is 2.18. The molecule has 0 aliphatic carbocycles. The molecule has 0 radical (unpaired) electrons. The van der Waals surface area contributed by atoms with E-state index in [1.807, 2.05) is 66.7 Å². The van der Waals surface area contributed by atoms with Crippen molar-refractivity contribution in [3.05, 3.63) is 101 Å². The summed E-state index contributed by atoms with van der Waals surface area (Å²) < 4.78 is 5.81. The summed E-state index contributed by atoms with van der Waals surface area (Å²) >= 11 is 5.90. The molecule has 0 aliphatic heterocycles. The van der Waals surface area contributed by atoms with Crippen LogP contribution in [0.1, 0.15) is 21.5 Å². The minimum Gasteiger partial charge on any atom is -0.489 e. The fourth-order valence-corrected chi connectivity index (χ4v) is 2.74. The highest BCUT2D eigenvalue weighted by molar-refractivity contribution is 6.30. The number of hydrogen-bond acceptors (Lipinski definition) is 2. The second-order valence-electron chi connectivity index (χ2n) is 6.09. The van der Waals surface area contributed by atoms with Crippen molar-refractivity contribution in [2.24, 2.45) is 0 Å². The molecule has 132 valence electrons. The van der Waals surface area contributed by atoms with Gasteiger partial charge in [0.25, 0.3) is 5.91 Å². The van der Waals surface area contributed by atoms with Crippen LogP contribution in [0.25, 0.3) is 0 Å². The molecule has 26 heavy (non-hydrogen) atoms. The summed E-state index contributed by atoms with van der Waals surface area (Å²) in [6.07, 6.45) is 0. The molecule has 3 nitrogen and oxygen atoms in total. The molecule has 3 aromatic carbocycles. The summed E-state index contributed by atoms with van der Waals surface area (Å²) in [5.74, 6) is 0.629. The summed E-state index contributed by atoms with van der Waals surface area (Å²) in [5.41, 5.74) is 2.72. The van der Waals surface area contributed by atoms with Crippen LogP contribution in [0, 0.1) is 0 Å². The van der Waals surface area contributed by atoms with Crippen LogP contribution in [0.4, 0.5) is 0 Å². The van der Waals surface area contributed by atoms with E-state index in [1.54, 1.807) is 24.1 Å². The van der Waals surface area contributed by atoms with Crippen LogP contribution < -0.4 is 4.74 Å². The maximum Gasteiger partial charge on any atom is 0.254 e. The third kappa shape index (κ3) is 4.87. The van der Waals surface area contributed by atoms with Crippen molar-refractivity contribution in [3.8, 4) is 5.75 Å². The van der Waals surface area contributed by atoms with Gasteiger partial charge in [-0.25, -0.2) is 0 Å². The number of nitrogens with zero attached hydrogens (tertiary/aromatic N) is 1. The quantitative estimate of drug-likeness (QED) is 0.601. The minimum atomic E-state index is -0.0508. The highest BCUT2D eigenvalue weighted by atomic mass is 35.5. The zero-order valence-corrected chi connectivity index (χ0v) is 15.3. The molecule has 0 saturated carbocycles. The predicted molar refractivity (Wildman–Crippen MR) is 104 cm³/mol. The fraction of sp³-hybridized carbons (Fsp3) is 0.136. The molecule has 1 amide bonds. The Balaban J connectivity index is 1.64. The third-order valence-corrected chi connectivity index (χ3v) is 4.26. The molecule has 3 aromatic rings. The van der Waals surface area contributed by atoms with E-state index in [1.165, 1.54) is 0 Å². The van der Waals surface area contributed by atoms with Crippen molar-refractivity contribution in [3.63, 3.8) is 0 Å². The molecule has 0 heterocycles. The molecule has 0 N–H and O–H groups in total. The van der Waals surface area contributed by atoms with Crippen LogP contribution in [-0.4, -0.2) is 17.9 Å². The summed E-state index contributed by atoms with van der Waals surface area (Å²) in [7, 11) is 1.79. The Morgan fingerprint density at radius 1 is 0.923 bits per heavy atom. The second-order valence-corrected chi connectivity index (χ2v) is 6.53. The van der Waals surface area contributed by atoms with Gasteiger partial charge in [-0.15, -0.1) is 0 Å². The van der Waals surface area contributed by atoms with E-state index in [2.05, 4.69) is 0 Å². The Morgan fingerprint density at radius 3 is 2.38 bits per heavy atom. The van der Waals surface area contributed by atoms with Crippen molar-refractivity contribution >= 4 is 17.5 Å². The van der Waals surface area contributed by atoms with Crippen molar-refractivity contribution < 1.29 is 9.53 Å². The fourth-order valence-electron chi connectivity index (χ4n) is 2.62. The lowest BCUT2D eigenvalue weighted by Gasteiger charge is -2.18. The molecular formula is C22H20ClNO2. The van der Waals surface area contributed by atoms with Crippen molar-refractivity contribution in [2.75, 3.05) is 7.05 Å². The molecular weight excluding hydrogens is 346 g/mol. The van der Waals surface area contributed by atoms with Gasteiger partial charge in [-0.2, -0.15) is 0 Å². The molecule has 3 rings (SSSR count). The van der Waals surface area contributed by atoms with E-state index < -0.39 is 0 Å². The molecule has 0 unspecified atom stereocenters. The van der Waals surface area contributed by atoms with Crippen LogP contribution in [0.2, 0.25) is 5.02 Å². The van der Waals surface area contributed by atoms with E-state index in [-0.39, 0.29) is 5.91 Å². The first kappa shape index (κ1) is 18.0. The van der Waals surface area contributed by atoms with Crippen LogP contribution in [0.3, 0.4) is 0 Å². The number of benzene rings is 3. The number of halogens is 1. The Kier molecular flexibility index (Phi) is 5.92. The van der Waals surface area contributed by atoms with Gasteiger partial charge in [0.15, 0.2) is 0 Å². The Morgan fingerprint density at radius 2 is 1.65 bits per heavy atom. The first-order valence-corrected chi connectivity index (χ1v) is 8.76. The molecule has 0 spiro atoms. The summed E-state index contributed by atoms with van der Waals surface area (Å²) in [6, 6.07) is 24.7. The zero-order valence-electron chi connectivity index (χ0n) is 14.6. The van der Waals surface area contributed by atoms with Crippen molar-refractivity contribution in [2.45, 2.75) is 13.2 Å². The first-order chi connectivity index (χ1) is 12.6. The van der Waals surface area contributed by atoms with Crippen LogP contribution in [0.5, 0.6) is 5.75 Å². The standard InChI is InChI=1S/C22H20ClNO2/c1-24(15-17-10-12-20(23)13-11-17)22(25)19-8-5-9-21(14-19)26-16-18-6-3-2-4-7-18/h2-14H,15-16H2,1H3. The number of rotatable bonds is 6. The third-order valence-electron chi connectivity index (χ3n) is 4.01. The van der Waals surface area contributed by atoms with Gasteiger partial charge in [0.2, 0.25) is 0 Å². The topological polar surface area (TPSA) is 29.5 Å². The van der Waals surface area contributed by atoms with Crippen molar-refractivity contribution in [1.82, 2.24) is 4.90 Å². The molecule has 4 heteroatoms. The number of amides is 1. The van der Waals surface area contributed by atoms with Gasteiger partial charge in [-0.1, -0.05) is 60.1 Å². The molecule has 0 bridgehead atoms. The van der Waals surface area contributed by atoms with Crippen LogP contribution >= 0.6 is 11.6 Å². The van der Waals surface area contributed by atoms with E-state index in [9.17, 15) is 4.79 Å². The maximum atomic E-state index is 12.7. The average Bonchev–Trinajstić information content (AvgIpc) is 2.68. The highest BCUT2D eigenvalue weighted by Gasteiger charge is 2.13. The lowest BCUT2D eigenvalue weighted by atomic mass is 10.1. The average molecular weight is 366 g/mol.